The van der Waals surface area contributed by atoms with Gasteiger partial charge < -0.3 is 21.1 Å². The standard InChI is InChI=1S/C23H21ClN4O2S/c24-11-12-30-17-9-10-20-21(13-17)31-23(28-20)26-14-15-5-7-16(8-6-15)22(29)27-19-4-2-1-3-18(19)25/h1-10,13H,11-12,14,25H2,(H,26,28)(H,27,29). The topological polar surface area (TPSA) is 89.3 Å². The molecule has 0 aliphatic carbocycles. The minimum atomic E-state index is -0.198. The number of rotatable bonds is 8. The van der Waals surface area contributed by atoms with Gasteiger partial charge in [-0.15, -0.1) is 11.6 Å². The minimum absolute atomic E-state index is 0.198. The number of alkyl halides is 1. The van der Waals surface area contributed by atoms with Crippen molar-refractivity contribution in [1.29, 1.82) is 0 Å². The number of hydrogen-bond donors (Lipinski definition) is 3. The van der Waals surface area contributed by atoms with E-state index in [1.54, 1.807) is 35.6 Å². The highest BCUT2D eigenvalue weighted by Gasteiger charge is 2.09. The first-order chi connectivity index (χ1) is 15.1. The van der Waals surface area contributed by atoms with Gasteiger partial charge in [-0.05, 0) is 48.0 Å². The fourth-order valence-corrected chi connectivity index (χ4v) is 3.95. The first-order valence-electron chi connectivity index (χ1n) is 9.70. The fraction of sp³-hybridized carbons (Fsp3) is 0.130. The summed E-state index contributed by atoms with van der Waals surface area (Å²) in [6.07, 6.45) is 0. The van der Waals surface area contributed by atoms with E-state index in [1.807, 2.05) is 42.5 Å². The van der Waals surface area contributed by atoms with Gasteiger partial charge in [0, 0.05) is 12.1 Å². The maximum atomic E-state index is 12.4. The van der Waals surface area contributed by atoms with E-state index in [1.165, 1.54) is 0 Å². The summed E-state index contributed by atoms with van der Waals surface area (Å²) in [5.41, 5.74) is 9.54. The van der Waals surface area contributed by atoms with Gasteiger partial charge in [-0.2, -0.15) is 0 Å². The van der Waals surface area contributed by atoms with Gasteiger partial charge in [-0.1, -0.05) is 35.6 Å². The van der Waals surface area contributed by atoms with Crippen molar-refractivity contribution in [2.75, 3.05) is 28.9 Å². The van der Waals surface area contributed by atoms with E-state index in [4.69, 9.17) is 22.1 Å². The highest BCUT2D eigenvalue weighted by atomic mass is 35.5. The Morgan fingerprint density at radius 1 is 1.10 bits per heavy atom. The Labute approximate surface area is 189 Å². The highest BCUT2D eigenvalue weighted by Crippen LogP contribution is 2.29. The highest BCUT2D eigenvalue weighted by molar-refractivity contribution is 7.22. The zero-order valence-electron chi connectivity index (χ0n) is 16.6. The van der Waals surface area contributed by atoms with E-state index in [9.17, 15) is 4.79 Å². The van der Waals surface area contributed by atoms with Gasteiger partial charge in [-0.25, -0.2) is 4.98 Å². The number of carbonyl (C=O) groups excluding carboxylic acids is 1. The van der Waals surface area contributed by atoms with Crippen LogP contribution in [0.5, 0.6) is 5.75 Å². The summed E-state index contributed by atoms with van der Waals surface area (Å²) in [5.74, 6) is 1.04. The molecule has 158 valence electrons. The number of aromatic nitrogens is 1. The third-order valence-electron chi connectivity index (χ3n) is 4.57. The molecule has 0 saturated carbocycles. The third-order valence-corrected chi connectivity index (χ3v) is 5.70. The molecule has 0 aliphatic heterocycles. The number of ether oxygens (including phenoxy) is 1. The van der Waals surface area contributed by atoms with Crippen LogP contribution in [0.2, 0.25) is 0 Å². The van der Waals surface area contributed by atoms with Crippen molar-refractivity contribution in [3.8, 4) is 5.75 Å². The van der Waals surface area contributed by atoms with Crippen molar-refractivity contribution in [3.63, 3.8) is 0 Å². The van der Waals surface area contributed by atoms with Crippen LogP contribution in [-0.2, 0) is 6.54 Å². The lowest BCUT2D eigenvalue weighted by Crippen LogP contribution is -2.13. The number of nitrogens with two attached hydrogens (primary N) is 1. The number of halogens is 1. The minimum Gasteiger partial charge on any atom is -0.492 e. The Kier molecular flexibility index (Phi) is 6.54. The summed E-state index contributed by atoms with van der Waals surface area (Å²) in [6, 6.07) is 20.4. The Morgan fingerprint density at radius 2 is 1.90 bits per heavy atom. The molecule has 0 saturated heterocycles. The smallest absolute Gasteiger partial charge is 0.255 e. The van der Waals surface area contributed by atoms with Crippen molar-refractivity contribution in [2.45, 2.75) is 6.54 Å². The number of para-hydroxylation sites is 2. The Hall–Kier alpha value is -3.29. The van der Waals surface area contributed by atoms with Crippen LogP contribution < -0.4 is 21.1 Å². The summed E-state index contributed by atoms with van der Waals surface area (Å²) in [6.45, 7) is 1.08. The molecule has 1 aromatic heterocycles. The van der Waals surface area contributed by atoms with Crippen LogP contribution in [0.25, 0.3) is 10.2 Å². The predicted molar refractivity (Wildman–Crippen MR) is 128 cm³/mol. The molecule has 0 radical (unpaired) electrons. The average Bonchev–Trinajstić information content (AvgIpc) is 3.20. The van der Waals surface area contributed by atoms with Crippen LogP contribution in [0.1, 0.15) is 15.9 Å². The van der Waals surface area contributed by atoms with Crippen LogP contribution in [-0.4, -0.2) is 23.4 Å². The van der Waals surface area contributed by atoms with E-state index in [0.29, 0.717) is 36.0 Å². The molecule has 1 amide bonds. The Balaban J connectivity index is 1.37. The number of thiazole rings is 1. The number of hydrogen-bond acceptors (Lipinski definition) is 6. The van der Waals surface area contributed by atoms with Gasteiger partial charge >= 0.3 is 0 Å². The Bertz CT molecular complexity index is 1190. The molecule has 6 nitrogen and oxygen atoms in total. The maximum absolute atomic E-state index is 12.4. The van der Waals surface area contributed by atoms with E-state index in [-0.39, 0.29) is 5.91 Å². The second-order valence-corrected chi connectivity index (χ2v) is 8.19. The van der Waals surface area contributed by atoms with Crippen molar-refractivity contribution in [2.24, 2.45) is 0 Å². The van der Waals surface area contributed by atoms with Crippen molar-refractivity contribution >= 4 is 55.6 Å². The summed E-state index contributed by atoms with van der Waals surface area (Å²) in [7, 11) is 0. The fourth-order valence-electron chi connectivity index (χ4n) is 2.98. The second-order valence-electron chi connectivity index (χ2n) is 6.78. The zero-order chi connectivity index (χ0) is 21.6. The molecule has 0 bridgehead atoms. The number of nitrogens with one attached hydrogen (secondary N) is 2. The molecule has 0 unspecified atom stereocenters. The SMILES string of the molecule is Nc1ccccc1NC(=O)c1ccc(CNc2nc3ccc(OCCCl)cc3s2)cc1. The average molecular weight is 453 g/mol. The first-order valence-corrected chi connectivity index (χ1v) is 11.1. The normalized spacial score (nSPS) is 10.7. The quantitative estimate of drug-likeness (QED) is 0.247. The summed E-state index contributed by atoms with van der Waals surface area (Å²) in [5, 5.41) is 6.99. The van der Waals surface area contributed by atoms with Gasteiger partial charge in [-0.3, -0.25) is 4.79 Å². The van der Waals surface area contributed by atoms with E-state index < -0.39 is 0 Å². The van der Waals surface area contributed by atoms with Crippen LogP contribution in [0.15, 0.2) is 66.7 Å². The number of anilines is 3. The zero-order valence-corrected chi connectivity index (χ0v) is 18.2. The van der Waals surface area contributed by atoms with Crippen LogP contribution >= 0.6 is 22.9 Å². The number of benzene rings is 3. The molecule has 4 N–H and O–H groups in total. The third kappa shape index (κ3) is 5.25. The molecular weight excluding hydrogens is 432 g/mol. The molecule has 3 aromatic carbocycles. The van der Waals surface area contributed by atoms with Gasteiger partial charge in [0.05, 0.1) is 27.5 Å². The van der Waals surface area contributed by atoms with Crippen LogP contribution in [0.3, 0.4) is 0 Å². The number of amides is 1. The lowest BCUT2D eigenvalue weighted by Gasteiger charge is -2.08. The van der Waals surface area contributed by atoms with Crippen molar-refractivity contribution in [3.05, 3.63) is 77.9 Å². The number of nitrogen functional groups attached to an aromatic ring is 1. The number of nitrogens with zero attached hydrogens (tertiary/aromatic N) is 1. The number of carbonyl (C=O) groups is 1. The van der Waals surface area contributed by atoms with E-state index in [0.717, 1.165) is 26.7 Å². The molecule has 1 heterocycles. The summed E-state index contributed by atoms with van der Waals surface area (Å²) in [4.78, 5) is 17.0. The van der Waals surface area contributed by atoms with E-state index >= 15 is 0 Å². The molecule has 4 rings (SSSR count). The number of fused-ring (bicyclic) bond motifs is 1. The monoisotopic (exact) mass is 452 g/mol. The Morgan fingerprint density at radius 3 is 2.68 bits per heavy atom. The second kappa shape index (κ2) is 9.68. The molecular formula is C23H21ClN4O2S. The maximum Gasteiger partial charge on any atom is 0.255 e. The predicted octanol–water partition coefficient (Wildman–Crippen LogP) is 5.36. The largest absolute Gasteiger partial charge is 0.492 e. The summed E-state index contributed by atoms with van der Waals surface area (Å²) < 4.78 is 6.61. The molecule has 0 fully saturated rings. The van der Waals surface area contributed by atoms with Crippen LogP contribution in [0, 0.1) is 0 Å². The molecule has 4 aromatic rings. The lowest BCUT2D eigenvalue weighted by atomic mass is 10.1. The molecule has 31 heavy (non-hydrogen) atoms. The van der Waals surface area contributed by atoms with E-state index in [2.05, 4.69) is 15.6 Å². The van der Waals surface area contributed by atoms with Crippen molar-refractivity contribution < 1.29 is 9.53 Å². The van der Waals surface area contributed by atoms with Gasteiger partial charge in [0.2, 0.25) is 0 Å². The van der Waals surface area contributed by atoms with Gasteiger partial charge in [0.25, 0.3) is 5.91 Å². The molecule has 0 atom stereocenters. The van der Waals surface area contributed by atoms with Crippen molar-refractivity contribution in [1.82, 2.24) is 4.98 Å². The van der Waals surface area contributed by atoms with Crippen LogP contribution in [0.4, 0.5) is 16.5 Å². The molecule has 0 aliphatic rings. The van der Waals surface area contributed by atoms with Gasteiger partial charge in [0.15, 0.2) is 5.13 Å². The lowest BCUT2D eigenvalue weighted by molar-refractivity contribution is 0.102. The molecule has 0 spiro atoms. The first kappa shape index (κ1) is 21.0. The summed E-state index contributed by atoms with van der Waals surface area (Å²) >= 11 is 7.23. The van der Waals surface area contributed by atoms with Gasteiger partial charge in [0.1, 0.15) is 12.4 Å². The molecule has 8 heteroatoms.